The highest BCUT2D eigenvalue weighted by Crippen LogP contribution is 2.39. The van der Waals surface area contributed by atoms with Crippen molar-refractivity contribution < 1.29 is 9.53 Å². The van der Waals surface area contributed by atoms with Gasteiger partial charge in [-0.2, -0.15) is 0 Å². The number of rotatable bonds is 6. The summed E-state index contributed by atoms with van der Waals surface area (Å²) in [4.78, 5) is 12.3. The first-order chi connectivity index (χ1) is 9.05. The van der Waals surface area contributed by atoms with E-state index in [1.165, 1.54) is 0 Å². The highest BCUT2D eigenvalue weighted by molar-refractivity contribution is 5.99. The first-order valence-corrected chi connectivity index (χ1v) is 6.88. The van der Waals surface area contributed by atoms with Gasteiger partial charge in [0.05, 0.1) is 17.8 Å². The normalized spacial score (nSPS) is 17.6. The van der Waals surface area contributed by atoms with Crippen molar-refractivity contribution in [3.05, 3.63) is 24.3 Å². The minimum atomic E-state index is -0.794. The van der Waals surface area contributed by atoms with Gasteiger partial charge in [-0.25, -0.2) is 0 Å². The van der Waals surface area contributed by atoms with Crippen molar-refractivity contribution in [2.24, 2.45) is 11.7 Å². The van der Waals surface area contributed by atoms with Gasteiger partial charge in [-0.15, -0.1) is 0 Å². The molecule has 3 N–H and O–H groups in total. The van der Waals surface area contributed by atoms with Crippen LogP contribution < -0.4 is 15.8 Å². The summed E-state index contributed by atoms with van der Waals surface area (Å²) in [7, 11) is 0. The second-order valence-corrected chi connectivity index (χ2v) is 5.36. The molecule has 1 fully saturated rings. The summed E-state index contributed by atoms with van der Waals surface area (Å²) in [5, 5.41) is 2.89. The number of para-hydroxylation sites is 2. The summed E-state index contributed by atoms with van der Waals surface area (Å²) in [5.41, 5.74) is 6.01. The molecule has 1 amide bonds. The first-order valence-electron chi connectivity index (χ1n) is 6.88. The Kier molecular flexibility index (Phi) is 4.10. The number of benzene rings is 1. The van der Waals surface area contributed by atoms with Gasteiger partial charge in [-0.1, -0.05) is 19.1 Å². The van der Waals surface area contributed by atoms with E-state index < -0.39 is 5.54 Å². The lowest BCUT2D eigenvalue weighted by atomic mass is 9.96. The predicted molar refractivity (Wildman–Crippen MR) is 76.2 cm³/mol. The summed E-state index contributed by atoms with van der Waals surface area (Å²) in [6.45, 7) is 4.48. The van der Waals surface area contributed by atoms with Crippen molar-refractivity contribution in [1.82, 2.24) is 0 Å². The molecule has 0 aromatic heterocycles. The molecule has 104 valence electrons. The highest BCUT2D eigenvalue weighted by atomic mass is 16.5. The monoisotopic (exact) mass is 262 g/mol. The van der Waals surface area contributed by atoms with Crippen LogP contribution in [0.5, 0.6) is 5.75 Å². The number of carbonyl (C=O) groups excluding carboxylic acids is 1. The average molecular weight is 262 g/mol. The molecule has 1 aliphatic rings. The number of amides is 1. The van der Waals surface area contributed by atoms with E-state index in [4.69, 9.17) is 10.5 Å². The molecule has 1 aromatic rings. The number of hydrogen-bond donors (Lipinski definition) is 2. The Hall–Kier alpha value is -1.55. The van der Waals surface area contributed by atoms with Gasteiger partial charge in [0.15, 0.2) is 0 Å². The Balaban J connectivity index is 2.07. The summed E-state index contributed by atoms with van der Waals surface area (Å²) in [6, 6.07) is 7.46. The van der Waals surface area contributed by atoms with Crippen LogP contribution in [0.4, 0.5) is 5.69 Å². The van der Waals surface area contributed by atoms with Crippen molar-refractivity contribution >= 4 is 11.6 Å². The molecule has 0 aliphatic heterocycles. The zero-order valence-corrected chi connectivity index (χ0v) is 11.6. The Bertz CT molecular complexity index is 453. The molecule has 0 saturated heterocycles. The highest BCUT2D eigenvalue weighted by Gasteiger charge is 2.44. The molecule has 1 saturated carbocycles. The molecule has 19 heavy (non-hydrogen) atoms. The van der Waals surface area contributed by atoms with Gasteiger partial charge >= 0.3 is 0 Å². The van der Waals surface area contributed by atoms with E-state index in [9.17, 15) is 4.79 Å². The third kappa shape index (κ3) is 3.26. The summed E-state index contributed by atoms with van der Waals surface area (Å²) >= 11 is 0. The summed E-state index contributed by atoms with van der Waals surface area (Å²) in [6.07, 6.45) is 3.00. The third-order valence-corrected chi connectivity index (χ3v) is 3.51. The number of ether oxygens (including phenoxy) is 1. The van der Waals surface area contributed by atoms with Crippen LogP contribution in [0.3, 0.4) is 0 Å². The van der Waals surface area contributed by atoms with Crippen molar-refractivity contribution in [3.8, 4) is 5.75 Å². The Morgan fingerprint density at radius 1 is 1.47 bits per heavy atom. The number of hydrogen-bond acceptors (Lipinski definition) is 3. The van der Waals surface area contributed by atoms with Crippen molar-refractivity contribution in [1.29, 1.82) is 0 Å². The summed E-state index contributed by atoms with van der Waals surface area (Å²) < 4.78 is 5.62. The van der Waals surface area contributed by atoms with Gasteiger partial charge in [0.25, 0.3) is 0 Å². The topological polar surface area (TPSA) is 64.3 Å². The average Bonchev–Trinajstić information content (AvgIpc) is 3.22. The zero-order chi connectivity index (χ0) is 13.9. The van der Waals surface area contributed by atoms with E-state index >= 15 is 0 Å². The number of nitrogens with two attached hydrogens (primary N) is 1. The van der Waals surface area contributed by atoms with E-state index in [1.54, 1.807) is 6.92 Å². The second-order valence-electron chi connectivity index (χ2n) is 5.36. The van der Waals surface area contributed by atoms with Crippen LogP contribution in [0, 0.1) is 5.92 Å². The van der Waals surface area contributed by atoms with Gasteiger partial charge in [-0.3, -0.25) is 4.79 Å². The minimum absolute atomic E-state index is 0.137. The fraction of sp³-hybridized carbons (Fsp3) is 0.533. The van der Waals surface area contributed by atoms with Gasteiger partial charge in [0.1, 0.15) is 5.75 Å². The number of anilines is 1. The lowest BCUT2D eigenvalue weighted by Gasteiger charge is -2.23. The molecule has 1 aliphatic carbocycles. The molecular formula is C15H22N2O2. The minimum Gasteiger partial charge on any atom is -0.491 e. The van der Waals surface area contributed by atoms with E-state index in [0.717, 1.165) is 19.3 Å². The molecule has 0 bridgehead atoms. The standard InChI is InChI=1S/C15H22N2O2/c1-3-10-19-13-7-5-4-6-12(13)17-14(18)15(2,16)11-8-9-11/h4-7,11H,3,8-10,16H2,1-2H3,(H,17,18). The second kappa shape index (κ2) is 5.61. The van der Waals surface area contributed by atoms with E-state index in [0.29, 0.717) is 24.0 Å². The molecule has 0 spiro atoms. The van der Waals surface area contributed by atoms with Gasteiger partial charge in [0, 0.05) is 0 Å². The molecule has 0 radical (unpaired) electrons. The smallest absolute Gasteiger partial charge is 0.244 e. The van der Waals surface area contributed by atoms with Crippen LogP contribution in [0.2, 0.25) is 0 Å². The van der Waals surface area contributed by atoms with Gasteiger partial charge < -0.3 is 15.8 Å². The Labute approximate surface area is 114 Å². The fourth-order valence-corrected chi connectivity index (χ4v) is 2.03. The maximum Gasteiger partial charge on any atom is 0.244 e. The van der Waals surface area contributed by atoms with Crippen molar-refractivity contribution in [2.45, 2.75) is 38.6 Å². The summed E-state index contributed by atoms with van der Waals surface area (Å²) in [5.74, 6) is 0.864. The van der Waals surface area contributed by atoms with E-state index in [-0.39, 0.29) is 5.91 Å². The van der Waals surface area contributed by atoms with Crippen LogP contribution in [0.15, 0.2) is 24.3 Å². The third-order valence-electron chi connectivity index (χ3n) is 3.51. The molecule has 4 nitrogen and oxygen atoms in total. The Morgan fingerprint density at radius 2 is 2.16 bits per heavy atom. The first kappa shape index (κ1) is 13.9. The number of nitrogens with one attached hydrogen (secondary N) is 1. The molecule has 1 unspecified atom stereocenters. The molecule has 2 rings (SSSR count). The number of carbonyl (C=O) groups is 1. The van der Waals surface area contributed by atoms with Gasteiger partial charge in [-0.05, 0) is 44.2 Å². The lowest BCUT2D eigenvalue weighted by molar-refractivity contribution is -0.121. The SMILES string of the molecule is CCCOc1ccccc1NC(=O)C(C)(N)C1CC1. The van der Waals surface area contributed by atoms with Crippen molar-refractivity contribution in [3.63, 3.8) is 0 Å². The lowest BCUT2D eigenvalue weighted by Crippen LogP contribution is -2.50. The maximum atomic E-state index is 12.3. The molecule has 4 heteroatoms. The quantitative estimate of drug-likeness (QED) is 0.828. The van der Waals surface area contributed by atoms with Crippen LogP contribution >= 0.6 is 0 Å². The van der Waals surface area contributed by atoms with Crippen LogP contribution in [-0.4, -0.2) is 18.1 Å². The van der Waals surface area contributed by atoms with Crippen LogP contribution in [-0.2, 0) is 4.79 Å². The molecule has 1 atom stereocenters. The molecular weight excluding hydrogens is 240 g/mol. The van der Waals surface area contributed by atoms with Crippen LogP contribution in [0.25, 0.3) is 0 Å². The maximum absolute atomic E-state index is 12.3. The van der Waals surface area contributed by atoms with Crippen LogP contribution in [0.1, 0.15) is 33.1 Å². The molecule has 1 aromatic carbocycles. The largest absolute Gasteiger partial charge is 0.491 e. The Morgan fingerprint density at radius 3 is 2.79 bits per heavy atom. The zero-order valence-electron chi connectivity index (χ0n) is 11.6. The van der Waals surface area contributed by atoms with E-state index in [2.05, 4.69) is 5.32 Å². The fourth-order valence-electron chi connectivity index (χ4n) is 2.03. The predicted octanol–water partition coefficient (Wildman–Crippen LogP) is 2.54. The molecule has 0 heterocycles. The van der Waals surface area contributed by atoms with E-state index in [1.807, 2.05) is 31.2 Å². The van der Waals surface area contributed by atoms with Crippen molar-refractivity contribution in [2.75, 3.05) is 11.9 Å². The van der Waals surface area contributed by atoms with Gasteiger partial charge in [0.2, 0.25) is 5.91 Å².